The third-order valence-corrected chi connectivity index (χ3v) is 3.05. The van der Waals surface area contributed by atoms with Crippen molar-refractivity contribution in [3.63, 3.8) is 0 Å². The van der Waals surface area contributed by atoms with E-state index in [0.717, 1.165) is 12.0 Å². The van der Waals surface area contributed by atoms with Crippen LogP contribution in [0.3, 0.4) is 0 Å². The molecule has 7 nitrogen and oxygen atoms in total. The van der Waals surface area contributed by atoms with Crippen LogP contribution in [0.5, 0.6) is 0 Å². The molecule has 0 unspecified atom stereocenters. The lowest BCUT2D eigenvalue weighted by Crippen LogP contribution is -2.09. The molecule has 0 saturated carbocycles. The Labute approximate surface area is 122 Å². The summed E-state index contributed by atoms with van der Waals surface area (Å²) >= 11 is 0. The normalized spacial score (nSPS) is 10.4. The molecule has 2 heterocycles. The molecular formula is C14H17N5O2. The zero-order valence-electron chi connectivity index (χ0n) is 12.3. The average Bonchev–Trinajstić information content (AvgIpc) is 2.44. The standard InChI is InChI=1S/C14H17N5O2/c1-4-6-16-14-17-10(3)13(19(20)21)12(18-14)11-5-7-15-8-9(11)2/h5,7-8H,4,6H2,1-3H3,(H,16,17,18). The second-order valence-corrected chi connectivity index (χ2v) is 4.70. The van der Waals surface area contributed by atoms with Crippen LogP contribution in [0.1, 0.15) is 24.6 Å². The van der Waals surface area contributed by atoms with Crippen molar-refractivity contribution in [2.45, 2.75) is 27.2 Å². The molecular weight excluding hydrogens is 270 g/mol. The lowest BCUT2D eigenvalue weighted by Gasteiger charge is -2.10. The van der Waals surface area contributed by atoms with Crippen LogP contribution in [-0.4, -0.2) is 26.4 Å². The van der Waals surface area contributed by atoms with E-state index in [4.69, 9.17) is 0 Å². The third-order valence-electron chi connectivity index (χ3n) is 3.05. The Balaban J connectivity index is 2.63. The molecule has 1 N–H and O–H groups in total. The number of hydrogen-bond acceptors (Lipinski definition) is 6. The molecule has 2 rings (SSSR count). The fourth-order valence-electron chi connectivity index (χ4n) is 2.03. The van der Waals surface area contributed by atoms with Crippen molar-refractivity contribution in [3.05, 3.63) is 39.8 Å². The van der Waals surface area contributed by atoms with Crippen LogP contribution in [0, 0.1) is 24.0 Å². The van der Waals surface area contributed by atoms with E-state index in [1.807, 2.05) is 13.8 Å². The maximum atomic E-state index is 11.3. The molecule has 0 atom stereocenters. The summed E-state index contributed by atoms with van der Waals surface area (Å²) in [4.78, 5) is 23.4. The summed E-state index contributed by atoms with van der Waals surface area (Å²) in [5.41, 5.74) is 2.14. The monoisotopic (exact) mass is 287 g/mol. The molecule has 2 aromatic heterocycles. The van der Waals surface area contributed by atoms with Gasteiger partial charge >= 0.3 is 5.69 Å². The van der Waals surface area contributed by atoms with Gasteiger partial charge < -0.3 is 5.32 Å². The second kappa shape index (κ2) is 6.25. The van der Waals surface area contributed by atoms with Crippen molar-refractivity contribution in [3.8, 4) is 11.3 Å². The number of nitrogens with one attached hydrogen (secondary N) is 1. The Morgan fingerprint density at radius 2 is 2.10 bits per heavy atom. The molecule has 0 saturated heterocycles. The quantitative estimate of drug-likeness (QED) is 0.671. The largest absolute Gasteiger partial charge is 0.354 e. The molecule has 0 radical (unpaired) electrons. The van der Waals surface area contributed by atoms with Crippen LogP contribution < -0.4 is 5.32 Å². The van der Waals surface area contributed by atoms with E-state index < -0.39 is 4.92 Å². The first-order valence-electron chi connectivity index (χ1n) is 6.72. The Morgan fingerprint density at radius 1 is 1.33 bits per heavy atom. The summed E-state index contributed by atoms with van der Waals surface area (Å²) in [6.45, 7) is 6.21. The zero-order chi connectivity index (χ0) is 15.4. The molecule has 21 heavy (non-hydrogen) atoms. The first-order chi connectivity index (χ1) is 10.0. The van der Waals surface area contributed by atoms with Crippen LogP contribution in [0.25, 0.3) is 11.3 Å². The SMILES string of the molecule is CCCNc1nc(C)c([N+](=O)[O-])c(-c2ccncc2C)n1. The maximum Gasteiger partial charge on any atom is 0.316 e. The van der Waals surface area contributed by atoms with Crippen molar-refractivity contribution < 1.29 is 4.92 Å². The summed E-state index contributed by atoms with van der Waals surface area (Å²) in [7, 11) is 0. The Kier molecular flexibility index (Phi) is 4.42. The maximum absolute atomic E-state index is 11.3. The number of pyridine rings is 1. The van der Waals surface area contributed by atoms with Gasteiger partial charge in [0, 0.05) is 24.5 Å². The van der Waals surface area contributed by atoms with Crippen molar-refractivity contribution >= 4 is 11.6 Å². The first-order valence-corrected chi connectivity index (χ1v) is 6.72. The summed E-state index contributed by atoms with van der Waals surface area (Å²) in [6.07, 6.45) is 4.18. The highest BCUT2D eigenvalue weighted by molar-refractivity contribution is 5.73. The lowest BCUT2D eigenvalue weighted by atomic mass is 10.1. The number of rotatable bonds is 5. The number of anilines is 1. The smallest absolute Gasteiger partial charge is 0.316 e. The fraction of sp³-hybridized carbons (Fsp3) is 0.357. The molecule has 0 aliphatic rings. The molecule has 0 spiro atoms. The van der Waals surface area contributed by atoms with Crippen molar-refractivity contribution in [2.24, 2.45) is 0 Å². The average molecular weight is 287 g/mol. The molecule has 0 aliphatic carbocycles. The topological polar surface area (TPSA) is 93.8 Å². The third kappa shape index (κ3) is 3.13. The van der Waals surface area contributed by atoms with Crippen LogP contribution in [0.15, 0.2) is 18.5 Å². The van der Waals surface area contributed by atoms with Crippen molar-refractivity contribution in [1.82, 2.24) is 15.0 Å². The molecule has 0 amide bonds. The van der Waals surface area contributed by atoms with Gasteiger partial charge in [-0.25, -0.2) is 9.97 Å². The highest BCUT2D eigenvalue weighted by Gasteiger charge is 2.24. The van der Waals surface area contributed by atoms with E-state index in [-0.39, 0.29) is 5.69 Å². The molecule has 110 valence electrons. The molecule has 7 heteroatoms. The number of aromatic nitrogens is 3. The van der Waals surface area contributed by atoms with Crippen LogP contribution in [-0.2, 0) is 0 Å². The predicted molar refractivity (Wildman–Crippen MR) is 80.2 cm³/mol. The van der Waals surface area contributed by atoms with Gasteiger partial charge in [0.05, 0.1) is 4.92 Å². The van der Waals surface area contributed by atoms with Gasteiger partial charge in [0.2, 0.25) is 5.95 Å². The van der Waals surface area contributed by atoms with E-state index in [9.17, 15) is 10.1 Å². The van der Waals surface area contributed by atoms with Gasteiger partial charge in [-0.1, -0.05) is 6.92 Å². The Morgan fingerprint density at radius 3 is 2.71 bits per heavy atom. The minimum absolute atomic E-state index is 0.0636. The molecule has 0 bridgehead atoms. The Hall–Kier alpha value is -2.57. The number of nitrogens with zero attached hydrogens (tertiary/aromatic N) is 4. The van der Waals surface area contributed by atoms with Crippen molar-refractivity contribution in [1.29, 1.82) is 0 Å². The van der Waals surface area contributed by atoms with Gasteiger partial charge in [0.25, 0.3) is 0 Å². The van der Waals surface area contributed by atoms with Gasteiger partial charge in [-0.05, 0) is 31.9 Å². The summed E-state index contributed by atoms with van der Waals surface area (Å²) in [5, 5.41) is 14.4. The minimum atomic E-state index is -0.436. The Bertz CT molecular complexity index is 672. The number of hydrogen-bond donors (Lipinski definition) is 1. The second-order valence-electron chi connectivity index (χ2n) is 4.70. The first kappa shape index (κ1) is 14.8. The highest BCUT2D eigenvalue weighted by atomic mass is 16.6. The number of nitro groups is 1. The van der Waals surface area contributed by atoms with E-state index >= 15 is 0 Å². The number of aryl methyl sites for hydroxylation is 2. The van der Waals surface area contributed by atoms with Crippen molar-refractivity contribution in [2.75, 3.05) is 11.9 Å². The fourth-order valence-corrected chi connectivity index (χ4v) is 2.03. The predicted octanol–water partition coefficient (Wildman–Crippen LogP) is 2.89. The van der Waals surface area contributed by atoms with Crippen LogP contribution in [0.4, 0.5) is 11.6 Å². The zero-order valence-corrected chi connectivity index (χ0v) is 12.3. The summed E-state index contributed by atoms with van der Waals surface area (Å²) in [6, 6.07) is 1.73. The highest BCUT2D eigenvalue weighted by Crippen LogP contribution is 2.32. The van der Waals surface area contributed by atoms with E-state index in [1.54, 1.807) is 25.4 Å². The summed E-state index contributed by atoms with van der Waals surface area (Å²) in [5.74, 6) is 0.408. The van der Waals surface area contributed by atoms with Gasteiger partial charge in [0.1, 0.15) is 5.69 Å². The lowest BCUT2D eigenvalue weighted by molar-refractivity contribution is -0.385. The van der Waals surface area contributed by atoms with Gasteiger partial charge in [0.15, 0.2) is 5.69 Å². The van der Waals surface area contributed by atoms with Crippen LogP contribution in [0.2, 0.25) is 0 Å². The molecule has 0 fully saturated rings. The minimum Gasteiger partial charge on any atom is -0.354 e. The summed E-state index contributed by atoms with van der Waals surface area (Å²) < 4.78 is 0. The van der Waals surface area contributed by atoms with E-state index in [2.05, 4.69) is 20.3 Å². The van der Waals surface area contributed by atoms with Gasteiger partial charge in [-0.3, -0.25) is 15.1 Å². The van der Waals surface area contributed by atoms with Gasteiger partial charge in [-0.2, -0.15) is 0 Å². The molecule has 0 aliphatic heterocycles. The van der Waals surface area contributed by atoms with Crippen LogP contribution >= 0.6 is 0 Å². The molecule has 2 aromatic rings. The van der Waals surface area contributed by atoms with E-state index in [1.165, 1.54) is 0 Å². The van der Waals surface area contributed by atoms with Gasteiger partial charge in [-0.15, -0.1) is 0 Å². The van der Waals surface area contributed by atoms with E-state index in [0.29, 0.717) is 29.4 Å². The molecule has 0 aromatic carbocycles.